The standard InChI is InChI=1S/C33H34F3N7O4/c1-21(32(46)47-20-22-14-17-43(4,5)18-15-22)39-30(44)28-29(27-13-16-38-41(27)25-11-9-24(37-2)10-12-25)40(3)42(31(28)45)26-8-6-7-23(19-26)33(34,35)36/h6-13,16,19,21-22H,14-15,17-18,20H2,1,3-5H3/p+1/t21-/m0/s1. The number of alkyl halides is 3. The average Bonchev–Trinajstić information content (AvgIpc) is 3.61. The molecule has 11 nitrogen and oxygen atoms in total. The van der Waals surface area contributed by atoms with E-state index in [0.29, 0.717) is 11.4 Å². The summed E-state index contributed by atoms with van der Waals surface area (Å²) in [6, 6.07) is 11.0. The maximum absolute atomic E-state index is 14.0. The molecule has 1 atom stereocenters. The van der Waals surface area contributed by atoms with E-state index in [4.69, 9.17) is 11.3 Å². The number of piperidine rings is 1. The molecule has 0 unspecified atom stereocenters. The van der Waals surface area contributed by atoms with Crippen LogP contribution in [0.1, 0.15) is 35.7 Å². The van der Waals surface area contributed by atoms with Crippen molar-refractivity contribution >= 4 is 17.6 Å². The maximum Gasteiger partial charge on any atom is 0.416 e. The smallest absolute Gasteiger partial charge is 0.416 e. The lowest BCUT2D eigenvalue weighted by molar-refractivity contribution is -0.896. The molecular weight excluding hydrogens is 615 g/mol. The number of hydrogen-bond donors (Lipinski definition) is 1. The Kier molecular flexibility index (Phi) is 9.13. The molecule has 0 spiro atoms. The first kappa shape index (κ1) is 33.2. The number of halogens is 3. The number of quaternary nitrogens is 1. The van der Waals surface area contributed by atoms with Crippen LogP contribution in [0.4, 0.5) is 18.9 Å². The molecule has 1 fully saturated rings. The number of nitrogens with zero attached hydrogens (tertiary/aromatic N) is 6. The molecule has 5 rings (SSSR count). The third-order valence-corrected chi connectivity index (χ3v) is 8.47. The van der Waals surface area contributed by atoms with Crippen molar-refractivity contribution in [1.29, 1.82) is 0 Å². The fraction of sp³-hybridized carbons (Fsp3) is 0.364. The first-order chi connectivity index (χ1) is 22.2. The Labute approximate surface area is 269 Å². The van der Waals surface area contributed by atoms with Crippen molar-refractivity contribution in [2.45, 2.75) is 32.0 Å². The highest BCUT2D eigenvalue weighted by atomic mass is 19.4. The van der Waals surface area contributed by atoms with Crippen LogP contribution in [0.15, 0.2) is 65.6 Å². The molecule has 14 heteroatoms. The first-order valence-electron chi connectivity index (χ1n) is 15.0. The second-order valence-corrected chi connectivity index (χ2v) is 12.3. The fourth-order valence-corrected chi connectivity index (χ4v) is 5.70. The van der Waals surface area contributed by atoms with Gasteiger partial charge in [0.2, 0.25) is 0 Å². The van der Waals surface area contributed by atoms with Crippen LogP contribution in [-0.2, 0) is 22.8 Å². The second kappa shape index (κ2) is 12.9. The lowest BCUT2D eigenvalue weighted by Gasteiger charge is -2.37. The highest BCUT2D eigenvalue weighted by molar-refractivity contribution is 6.01. The third-order valence-electron chi connectivity index (χ3n) is 8.47. The molecule has 0 saturated carbocycles. The predicted octanol–water partition coefficient (Wildman–Crippen LogP) is 4.75. The summed E-state index contributed by atoms with van der Waals surface area (Å²) in [6.45, 7) is 10.8. The Hall–Kier alpha value is -5.16. The van der Waals surface area contributed by atoms with E-state index in [9.17, 15) is 27.6 Å². The Morgan fingerprint density at radius 2 is 1.79 bits per heavy atom. The van der Waals surface area contributed by atoms with E-state index >= 15 is 0 Å². The minimum atomic E-state index is -4.67. The summed E-state index contributed by atoms with van der Waals surface area (Å²) in [6.07, 6.45) is -1.43. The number of likely N-dealkylation sites (tertiary alicyclic amines) is 1. The Bertz CT molecular complexity index is 1890. The number of esters is 1. The molecule has 1 aliphatic heterocycles. The number of ether oxygens (including phenoxy) is 1. The molecule has 1 saturated heterocycles. The van der Waals surface area contributed by atoms with E-state index in [-0.39, 0.29) is 29.6 Å². The van der Waals surface area contributed by atoms with Crippen molar-refractivity contribution in [1.82, 2.24) is 24.5 Å². The predicted molar refractivity (Wildman–Crippen MR) is 167 cm³/mol. The van der Waals surface area contributed by atoms with Crippen molar-refractivity contribution in [3.63, 3.8) is 0 Å². The van der Waals surface area contributed by atoms with E-state index in [0.717, 1.165) is 47.2 Å². The van der Waals surface area contributed by atoms with Crippen LogP contribution < -0.4 is 10.9 Å². The zero-order valence-electron chi connectivity index (χ0n) is 26.4. The van der Waals surface area contributed by atoms with Crippen LogP contribution in [-0.4, -0.2) is 75.3 Å². The summed E-state index contributed by atoms with van der Waals surface area (Å²) in [7, 11) is 5.74. The van der Waals surface area contributed by atoms with Crippen molar-refractivity contribution < 1.29 is 32.0 Å². The highest BCUT2D eigenvalue weighted by Gasteiger charge is 2.34. The number of carbonyl (C=O) groups excluding carboxylic acids is 2. The number of amides is 1. The van der Waals surface area contributed by atoms with Crippen LogP contribution in [0.2, 0.25) is 0 Å². The summed E-state index contributed by atoms with van der Waals surface area (Å²) in [5.74, 6) is -1.38. The molecular formula is C33H35F3N7O4+. The van der Waals surface area contributed by atoms with Gasteiger partial charge in [0.05, 0.1) is 69.2 Å². The maximum atomic E-state index is 14.0. The SMILES string of the molecule is [C-]#[N+]c1ccc(-n2nccc2-c2c(C(=O)N[C@@H](C)C(=O)OCC3CC[N+](C)(C)CC3)c(=O)n(-c3cccc(C(F)(F)F)c3)n2C)cc1. The lowest BCUT2D eigenvalue weighted by Crippen LogP contribution is -2.47. The molecule has 1 amide bonds. The van der Waals surface area contributed by atoms with Crippen LogP contribution in [0.3, 0.4) is 0 Å². The fourth-order valence-electron chi connectivity index (χ4n) is 5.70. The van der Waals surface area contributed by atoms with Gasteiger partial charge in [-0.2, -0.15) is 18.3 Å². The van der Waals surface area contributed by atoms with Gasteiger partial charge in [0.25, 0.3) is 11.5 Å². The van der Waals surface area contributed by atoms with Crippen LogP contribution in [0.25, 0.3) is 27.6 Å². The van der Waals surface area contributed by atoms with Crippen LogP contribution >= 0.6 is 0 Å². The number of benzene rings is 2. The number of hydrogen-bond acceptors (Lipinski definition) is 5. The van der Waals surface area contributed by atoms with E-state index < -0.39 is 40.8 Å². The zero-order valence-corrected chi connectivity index (χ0v) is 26.4. The molecule has 1 aliphatic rings. The number of nitrogens with one attached hydrogen (secondary N) is 1. The number of carbonyl (C=O) groups is 2. The van der Waals surface area contributed by atoms with E-state index in [1.807, 2.05) is 0 Å². The minimum Gasteiger partial charge on any atom is -0.464 e. The molecule has 0 bridgehead atoms. The molecule has 3 heterocycles. The molecule has 246 valence electrons. The van der Waals surface area contributed by atoms with Gasteiger partial charge in [-0.25, -0.2) is 19.0 Å². The Balaban J connectivity index is 1.51. The minimum absolute atomic E-state index is 0.0418. The third kappa shape index (κ3) is 7.00. The Morgan fingerprint density at radius 1 is 1.11 bits per heavy atom. The van der Waals surface area contributed by atoms with E-state index in [1.54, 1.807) is 30.3 Å². The van der Waals surface area contributed by atoms with E-state index in [1.165, 1.54) is 41.7 Å². The van der Waals surface area contributed by atoms with Gasteiger partial charge in [-0.3, -0.25) is 14.3 Å². The van der Waals surface area contributed by atoms with Gasteiger partial charge in [0.15, 0.2) is 5.69 Å². The van der Waals surface area contributed by atoms with E-state index in [2.05, 4.69) is 29.4 Å². The summed E-state index contributed by atoms with van der Waals surface area (Å²) in [5.41, 5.74) is -1.21. The molecule has 2 aromatic carbocycles. The van der Waals surface area contributed by atoms with Gasteiger partial charge in [-0.1, -0.05) is 18.2 Å². The van der Waals surface area contributed by atoms with Crippen LogP contribution in [0, 0.1) is 12.5 Å². The summed E-state index contributed by atoms with van der Waals surface area (Å²) in [5, 5.41) is 6.90. The highest BCUT2D eigenvalue weighted by Crippen LogP contribution is 2.31. The van der Waals surface area contributed by atoms with Gasteiger partial charge in [-0.05, 0) is 43.3 Å². The molecule has 0 radical (unpaired) electrons. The zero-order chi connectivity index (χ0) is 34.1. The molecule has 47 heavy (non-hydrogen) atoms. The quantitative estimate of drug-likeness (QED) is 0.169. The lowest BCUT2D eigenvalue weighted by atomic mass is 9.97. The summed E-state index contributed by atoms with van der Waals surface area (Å²) >= 11 is 0. The van der Waals surface area contributed by atoms with Gasteiger partial charge >= 0.3 is 12.1 Å². The largest absolute Gasteiger partial charge is 0.464 e. The van der Waals surface area contributed by atoms with Gasteiger partial charge in [-0.15, -0.1) is 0 Å². The molecule has 2 aromatic heterocycles. The van der Waals surface area contributed by atoms with Gasteiger partial charge in [0.1, 0.15) is 17.3 Å². The summed E-state index contributed by atoms with van der Waals surface area (Å²) < 4.78 is 51.0. The van der Waals surface area contributed by atoms with Crippen molar-refractivity contribution in [3.8, 4) is 22.8 Å². The second-order valence-electron chi connectivity index (χ2n) is 12.3. The molecule has 4 aromatic rings. The number of rotatable bonds is 8. The van der Waals surface area contributed by atoms with Crippen molar-refractivity contribution in [3.05, 3.63) is 93.7 Å². The van der Waals surface area contributed by atoms with Crippen molar-refractivity contribution in [2.75, 3.05) is 33.8 Å². The molecule has 0 aliphatic carbocycles. The van der Waals surface area contributed by atoms with Gasteiger partial charge < -0.3 is 14.5 Å². The monoisotopic (exact) mass is 650 g/mol. The average molecular weight is 651 g/mol. The Morgan fingerprint density at radius 3 is 2.43 bits per heavy atom. The summed E-state index contributed by atoms with van der Waals surface area (Å²) in [4.78, 5) is 44.1. The molecule has 1 N–H and O–H groups in total. The van der Waals surface area contributed by atoms with Crippen LogP contribution in [0.5, 0.6) is 0 Å². The topological polar surface area (TPSA) is 105 Å². The first-order valence-corrected chi connectivity index (χ1v) is 15.0. The van der Waals surface area contributed by atoms with Crippen molar-refractivity contribution in [2.24, 2.45) is 13.0 Å². The normalized spacial score (nSPS) is 15.5. The number of aromatic nitrogens is 4. The van der Waals surface area contributed by atoms with Gasteiger partial charge in [0, 0.05) is 25.8 Å².